The molecule has 0 unspecified atom stereocenters. The molecule has 0 bridgehead atoms. The molecule has 2 heterocycles. The molecule has 1 saturated heterocycles. The van der Waals surface area contributed by atoms with E-state index in [9.17, 15) is 4.79 Å². The first kappa shape index (κ1) is 11.2. The molecule has 1 atom stereocenters. The molecular formula is C12H13N3O3. The number of fused-ring (bicyclic) bond motifs is 1. The fourth-order valence-corrected chi connectivity index (χ4v) is 1.85. The minimum atomic E-state index is -0.563. The van der Waals surface area contributed by atoms with E-state index in [4.69, 9.17) is 9.47 Å². The smallest absolute Gasteiger partial charge is 0.258 e. The molecular weight excluding hydrogens is 234 g/mol. The van der Waals surface area contributed by atoms with Crippen LogP contribution in [0.15, 0.2) is 24.3 Å². The standard InChI is InChI=1S/C12H13N3O3/c16-11(10-7-17-5-6-18-10)15-12-13-8-3-1-2-4-9(8)14-12/h1-4,10H,5-7H2,(H2,13,14,15,16)/t10-/m1/s1. The lowest BCUT2D eigenvalue weighted by Crippen LogP contribution is -2.39. The van der Waals surface area contributed by atoms with E-state index in [1.807, 2.05) is 24.3 Å². The second-order valence-electron chi connectivity index (χ2n) is 4.03. The highest BCUT2D eigenvalue weighted by molar-refractivity contribution is 5.94. The number of carbonyl (C=O) groups is 1. The molecule has 1 fully saturated rings. The van der Waals surface area contributed by atoms with Crippen molar-refractivity contribution in [3.05, 3.63) is 24.3 Å². The van der Waals surface area contributed by atoms with E-state index in [0.717, 1.165) is 11.0 Å². The topological polar surface area (TPSA) is 76.2 Å². The number of aromatic nitrogens is 2. The van der Waals surface area contributed by atoms with Crippen molar-refractivity contribution in [1.29, 1.82) is 0 Å². The normalized spacial score (nSPS) is 19.9. The van der Waals surface area contributed by atoms with E-state index >= 15 is 0 Å². The summed E-state index contributed by atoms with van der Waals surface area (Å²) in [6, 6.07) is 7.58. The Balaban J connectivity index is 1.73. The molecule has 1 aliphatic rings. The van der Waals surface area contributed by atoms with Crippen LogP contribution in [0.25, 0.3) is 11.0 Å². The number of aromatic amines is 1. The molecule has 6 nitrogen and oxygen atoms in total. The lowest BCUT2D eigenvalue weighted by Gasteiger charge is -2.21. The molecule has 0 saturated carbocycles. The number of H-pyrrole nitrogens is 1. The number of hydrogen-bond acceptors (Lipinski definition) is 4. The molecule has 18 heavy (non-hydrogen) atoms. The highest BCUT2D eigenvalue weighted by Crippen LogP contribution is 2.14. The third-order valence-corrected chi connectivity index (χ3v) is 2.74. The fourth-order valence-electron chi connectivity index (χ4n) is 1.85. The maximum Gasteiger partial charge on any atom is 0.258 e. The van der Waals surface area contributed by atoms with E-state index < -0.39 is 6.10 Å². The quantitative estimate of drug-likeness (QED) is 0.827. The molecule has 1 amide bonds. The third kappa shape index (κ3) is 2.20. The number of para-hydroxylation sites is 2. The van der Waals surface area contributed by atoms with Gasteiger partial charge in [0, 0.05) is 0 Å². The van der Waals surface area contributed by atoms with Crippen LogP contribution in [0.3, 0.4) is 0 Å². The van der Waals surface area contributed by atoms with E-state index in [0.29, 0.717) is 19.2 Å². The van der Waals surface area contributed by atoms with Crippen LogP contribution in [0.2, 0.25) is 0 Å². The van der Waals surface area contributed by atoms with Gasteiger partial charge in [-0.3, -0.25) is 10.1 Å². The summed E-state index contributed by atoms with van der Waals surface area (Å²) in [5.74, 6) is 0.184. The molecule has 0 radical (unpaired) electrons. The largest absolute Gasteiger partial charge is 0.376 e. The lowest BCUT2D eigenvalue weighted by atomic mass is 10.3. The Labute approximate surface area is 103 Å². The summed E-state index contributed by atoms with van der Waals surface area (Å²) in [7, 11) is 0. The van der Waals surface area contributed by atoms with Crippen molar-refractivity contribution in [3.8, 4) is 0 Å². The van der Waals surface area contributed by atoms with Crippen LogP contribution < -0.4 is 5.32 Å². The number of rotatable bonds is 2. The zero-order chi connectivity index (χ0) is 12.4. The second-order valence-corrected chi connectivity index (χ2v) is 4.03. The van der Waals surface area contributed by atoms with E-state index in [1.165, 1.54) is 0 Å². The Hall–Kier alpha value is -1.92. The minimum Gasteiger partial charge on any atom is -0.376 e. The number of hydrogen-bond donors (Lipinski definition) is 2. The fraction of sp³-hybridized carbons (Fsp3) is 0.333. The third-order valence-electron chi connectivity index (χ3n) is 2.74. The summed E-state index contributed by atoms with van der Waals surface area (Å²) in [4.78, 5) is 19.2. The van der Waals surface area contributed by atoms with Crippen LogP contribution in [-0.4, -0.2) is 41.8 Å². The molecule has 1 aliphatic heterocycles. The number of imidazole rings is 1. The summed E-state index contributed by atoms with van der Waals surface area (Å²) in [5, 5.41) is 2.69. The molecule has 0 spiro atoms. The van der Waals surface area contributed by atoms with Crippen LogP contribution in [0.1, 0.15) is 0 Å². The van der Waals surface area contributed by atoms with Crippen LogP contribution in [-0.2, 0) is 14.3 Å². The van der Waals surface area contributed by atoms with Crippen molar-refractivity contribution in [2.75, 3.05) is 25.1 Å². The first-order chi connectivity index (χ1) is 8.83. The zero-order valence-corrected chi connectivity index (χ0v) is 9.68. The van der Waals surface area contributed by atoms with Gasteiger partial charge in [-0.15, -0.1) is 0 Å². The van der Waals surface area contributed by atoms with Gasteiger partial charge in [0.25, 0.3) is 5.91 Å². The van der Waals surface area contributed by atoms with Crippen molar-refractivity contribution < 1.29 is 14.3 Å². The number of ether oxygens (including phenoxy) is 2. The molecule has 6 heteroatoms. The molecule has 0 aliphatic carbocycles. The molecule has 2 aromatic rings. The van der Waals surface area contributed by atoms with Gasteiger partial charge in [-0.05, 0) is 12.1 Å². The number of benzene rings is 1. The number of nitrogens with zero attached hydrogens (tertiary/aromatic N) is 1. The second kappa shape index (κ2) is 4.75. The van der Waals surface area contributed by atoms with Gasteiger partial charge >= 0.3 is 0 Å². The van der Waals surface area contributed by atoms with Crippen molar-refractivity contribution >= 4 is 22.9 Å². The summed E-state index contributed by atoms with van der Waals surface area (Å²) in [6.45, 7) is 1.26. The van der Waals surface area contributed by atoms with Gasteiger partial charge in [-0.2, -0.15) is 0 Å². The van der Waals surface area contributed by atoms with Gasteiger partial charge in [0.15, 0.2) is 6.10 Å². The molecule has 3 rings (SSSR count). The lowest BCUT2D eigenvalue weighted by molar-refractivity contribution is -0.142. The molecule has 1 aromatic heterocycles. The van der Waals surface area contributed by atoms with Crippen molar-refractivity contribution in [2.45, 2.75) is 6.10 Å². The van der Waals surface area contributed by atoms with Crippen molar-refractivity contribution in [3.63, 3.8) is 0 Å². The minimum absolute atomic E-state index is 0.242. The average molecular weight is 247 g/mol. The Morgan fingerprint density at radius 2 is 2.28 bits per heavy atom. The number of anilines is 1. The van der Waals surface area contributed by atoms with Gasteiger partial charge in [0.05, 0.1) is 30.9 Å². The highest BCUT2D eigenvalue weighted by Gasteiger charge is 2.23. The van der Waals surface area contributed by atoms with Crippen LogP contribution in [0.4, 0.5) is 5.95 Å². The first-order valence-corrected chi connectivity index (χ1v) is 5.78. The molecule has 1 aromatic carbocycles. The Morgan fingerprint density at radius 1 is 1.39 bits per heavy atom. The summed E-state index contributed by atoms with van der Waals surface area (Å²) in [6.07, 6.45) is -0.563. The summed E-state index contributed by atoms with van der Waals surface area (Å²) >= 11 is 0. The van der Waals surface area contributed by atoms with Crippen molar-refractivity contribution in [2.24, 2.45) is 0 Å². The van der Waals surface area contributed by atoms with Crippen LogP contribution >= 0.6 is 0 Å². The average Bonchev–Trinajstić information content (AvgIpc) is 2.82. The van der Waals surface area contributed by atoms with E-state index in [-0.39, 0.29) is 12.5 Å². The maximum atomic E-state index is 11.9. The van der Waals surface area contributed by atoms with Crippen LogP contribution in [0.5, 0.6) is 0 Å². The van der Waals surface area contributed by atoms with Crippen molar-refractivity contribution in [1.82, 2.24) is 9.97 Å². The van der Waals surface area contributed by atoms with E-state index in [2.05, 4.69) is 15.3 Å². The van der Waals surface area contributed by atoms with E-state index in [1.54, 1.807) is 0 Å². The Morgan fingerprint density at radius 3 is 3.06 bits per heavy atom. The van der Waals surface area contributed by atoms with Gasteiger partial charge in [-0.25, -0.2) is 4.98 Å². The Kier molecular flexibility index (Phi) is 2.95. The number of amides is 1. The predicted molar refractivity (Wildman–Crippen MR) is 65.3 cm³/mol. The first-order valence-electron chi connectivity index (χ1n) is 5.78. The predicted octanol–water partition coefficient (Wildman–Crippen LogP) is 0.917. The Bertz CT molecular complexity index is 527. The number of carbonyl (C=O) groups excluding carboxylic acids is 1. The monoisotopic (exact) mass is 247 g/mol. The highest BCUT2D eigenvalue weighted by atomic mass is 16.6. The summed E-state index contributed by atoms with van der Waals surface area (Å²) in [5.41, 5.74) is 1.70. The maximum absolute atomic E-state index is 11.9. The van der Waals surface area contributed by atoms with Gasteiger partial charge in [0.1, 0.15) is 0 Å². The van der Waals surface area contributed by atoms with Gasteiger partial charge in [0.2, 0.25) is 5.95 Å². The number of nitrogens with one attached hydrogen (secondary N) is 2. The molecule has 2 N–H and O–H groups in total. The zero-order valence-electron chi connectivity index (χ0n) is 9.68. The van der Waals surface area contributed by atoms with Crippen LogP contribution in [0, 0.1) is 0 Å². The SMILES string of the molecule is O=C(Nc1nc2ccccc2[nH]1)[C@H]1COCCO1. The summed E-state index contributed by atoms with van der Waals surface area (Å²) < 4.78 is 10.5. The van der Waals surface area contributed by atoms with Gasteiger partial charge < -0.3 is 14.5 Å². The molecule has 94 valence electrons. The van der Waals surface area contributed by atoms with Gasteiger partial charge in [-0.1, -0.05) is 12.1 Å².